The maximum absolute atomic E-state index is 5.21. The highest BCUT2D eigenvalue weighted by molar-refractivity contribution is 7.11. The number of aromatic nitrogens is 1. The van der Waals surface area contributed by atoms with Crippen LogP contribution in [0, 0.1) is 0 Å². The summed E-state index contributed by atoms with van der Waals surface area (Å²) in [6, 6.07) is 0.522. The van der Waals surface area contributed by atoms with Crippen molar-refractivity contribution in [3.63, 3.8) is 0 Å². The standard InChI is InChI=1S/C11H20N2OS/c1-8(2)12-6-10-7-13-11(15-10)5-9(3)14-4/h7-9,12H,5-6H2,1-4H3. The van der Waals surface area contributed by atoms with Gasteiger partial charge in [0, 0.05) is 37.2 Å². The first-order chi connectivity index (χ1) is 7.11. The number of nitrogens with zero attached hydrogens (tertiary/aromatic N) is 1. The van der Waals surface area contributed by atoms with Gasteiger partial charge in [-0.05, 0) is 6.92 Å². The minimum Gasteiger partial charge on any atom is -0.381 e. The molecule has 0 radical (unpaired) electrons. The fourth-order valence-electron chi connectivity index (χ4n) is 1.16. The second-order valence-electron chi connectivity index (χ2n) is 4.01. The first-order valence-corrected chi connectivity index (χ1v) is 6.13. The summed E-state index contributed by atoms with van der Waals surface area (Å²) >= 11 is 1.76. The molecular weight excluding hydrogens is 208 g/mol. The Kier molecular flexibility index (Phi) is 5.22. The molecule has 86 valence electrons. The van der Waals surface area contributed by atoms with Crippen molar-refractivity contribution in [1.82, 2.24) is 10.3 Å². The number of nitrogens with one attached hydrogen (secondary N) is 1. The molecule has 1 atom stereocenters. The van der Waals surface area contributed by atoms with E-state index in [1.54, 1.807) is 18.4 Å². The zero-order valence-corrected chi connectivity index (χ0v) is 10.7. The van der Waals surface area contributed by atoms with Crippen LogP contribution in [0.25, 0.3) is 0 Å². The predicted octanol–water partition coefficient (Wildman–Crippen LogP) is 2.22. The summed E-state index contributed by atoms with van der Waals surface area (Å²) in [5.74, 6) is 0. The summed E-state index contributed by atoms with van der Waals surface area (Å²) in [6.45, 7) is 7.27. The summed E-state index contributed by atoms with van der Waals surface area (Å²) in [7, 11) is 1.74. The number of hydrogen-bond acceptors (Lipinski definition) is 4. The predicted molar refractivity (Wildman–Crippen MR) is 64.3 cm³/mol. The van der Waals surface area contributed by atoms with E-state index in [0.717, 1.165) is 18.0 Å². The van der Waals surface area contributed by atoms with Crippen molar-refractivity contribution in [2.45, 2.75) is 45.9 Å². The molecule has 1 unspecified atom stereocenters. The van der Waals surface area contributed by atoms with Crippen LogP contribution in [0.3, 0.4) is 0 Å². The Balaban J connectivity index is 2.42. The van der Waals surface area contributed by atoms with Gasteiger partial charge in [-0.25, -0.2) is 4.98 Å². The highest BCUT2D eigenvalue weighted by atomic mass is 32.1. The van der Waals surface area contributed by atoms with E-state index in [4.69, 9.17) is 4.74 Å². The van der Waals surface area contributed by atoms with Crippen LogP contribution in [0.15, 0.2) is 6.20 Å². The highest BCUT2D eigenvalue weighted by Crippen LogP contribution is 2.15. The van der Waals surface area contributed by atoms with E-state index in [0.29, 0.717) is 6.04 Å². The van der Waals surface area contributed by atoms with Crippen molar-refractivity contribution in [1.29, 1.82) is 0 Å². The van der Waals surface area contributed by atoms with Crippen LogP contribution in [-0.4, -0.2) is 24.2 Å². The molecule has 4 heteroatoms. The minimum atomic E-state index is 0.252. The molecule has 1 N–H and O–H groups in total. The summed E-state index contributed by atoms with van der Waals surface area (Å²) in [6.07, 6.45) is 3.11. The molecule has 1 aromatic heterocycles. The normalized spacial score (nSPS) is 13.4. The van der Waals surface area contributed by atoms with Gasteiger partial charge in [0.05, 0.1) is 11.1 Å². The maximum Gasteiger partial charge on any atom is 0.0953 e. The SMILES string of the molecule is COC(C)Cc1ncc(CNC(C)C)s1. The molecule has 3 nitrogen and oxygen atoms in total. The van der Waals surface area contributed by atoms with E-state index < -0.39 is 0 Å². The maximum atomic E-state index is 5.21. The quantitative estimate of drug-likeness (QED) is 0.810. The molecule has 0 fully saturated rings. The third-order valence-electron chi connectivity index (χ3n) is 2.15. The lowest BCUT2D eigenvalue weighted by Crippen LogP contribution is -2.21. The average molecular weight is 228 g/mol. The lowest BCUT2D eigenvalue weighted by molar-refractivity contribution is 0.119. The van der Waals surface area contributed by atoms with Gasteiger partial charge in [-0.1, -0.05) is 13.8 Å². The number of rotatable bonds is 6. The van der Waals surface area contributed by atoms with Crippen LogP contribution in [0.4, 0.5) is 0 Å². The third kappa shape index (κ3) is 4.73. The van der Waals surface area contributed by atoms with Gasteiger partial charge in [-0.2, -0.15) is 0 Å². The molecule has 0 aliphatic rings. The number of thiazole rings is 1. The molecule has 0 saturated heterocycles. The summed E-state index contributed by atoms with van der Waals surface area (Å²) in [5.41, 5.74) is 0. The molecule has 0 aliphatic carbocycles. The molecule has 1 rings (SSSR count). The molecule has 1 heterocycles. The molecule has 1 aromatic rings. The fraction of sp³-hybridized carbons (Fsp3) is 0.727. The topological polar surface area (TPSA) is 34.1 Å². The fourth-order valence-corrected chi connectivity index (χ4v) is 2.15. The van der Waals surface area contributed by atoms with E-state index in [-0.39, 0.29) is 6.10 Å². The van der Waals surface area contributed by atoms with Crippen molar-refractivity contribution in [2.24, 2.45) is 0 Å². The van der Waals surface area contributed by atoms with Crippen molar-refractivity contribution < 1.29 is 4.74 Å². The van der Waals surface area contributed by atoms with Crippen LogP contribution in [0.1, 0.15) is 30.7 Å². The van der Waals surface area contributed by atoms with E-state index >= 15 is 0 Å². The van der Waals surface area contributed by atoms with Gasteiger partial charge in [-0.3, -0.25) is 0 Å². The average Bonchev–Trinajstić information content (AvgIpc) is 2.62. The van der Waals surface area contributed by atoms with E-state index in [2.05, 4.69) is 31.1 Å². The Hall–Kier alpha value is -0.450. The highest BCUT2D eigenvalue weighted by Gasteiger charge is 2.06. The Labute approximate surface area is 95.9 Å². The van der Waals surface area contributed by atoms with Gasteiger partial charge >= 0.3 is 0 Å². The molecule has 15 heavy (non-hydrogen) atoms. The van der Waals surface area contributed by atoms with Crippen LogP contribution < -0.4 is 5.32 Å². The van der Waals surface area contributed by atoms with E-state index in [9.17, 15) is 0 Å². The molecule has 0 aliphatic heterocycles. The largest absolute Gasteiger partial charge is 0.381 e. The number of hydrogen-bond donors (Lipinski definition) is 1. The number of ether oxygens (including phenoxy) is 1. The van der Waals surface area contributed by atoms with Crippen LogP contribution in [0.5, 0.6) is 0 Å². The summed E-state index contributed by atoms with van der Waals surface area (Å²) in [5, 5.41) is 4.54. The van der Waals surface area contributed by atoms with Crippen molar-refractivity contribution >= 4 is 11.3 Å². The zero-order valence-electron chi connectivity index (χ0n) is 9.91. The Morgan fingerprint density at radius 3 is 2.80 bits per heavy atom. The molecular formula is C11H20N2OS. The van der Waals surface area contributed by atoms with E-state index in [1.807, 2.05) is 6.20 Å². The van der Waals surface area contributed by atoms with Crippen LogP contribution >= 0.6 is 11.3 Å². The van der Waals surface area contributed by atoms with Crippen LogP contribution in [0.2, 0.25) is 0 Å². The lowest BCUT2D eigenvalue weighted by Gasteiger charge is -2.06. The lowest BCUT2D eigenvalue weighted by atomic mass is 10.3. The van der Waals surface area contributed by atoms with Crippen LogP contribution in [-0.2, 0) is 17.7 Å². The minimum absolute atomic E-state index is 0.252. The second kappa shape index (κ2) is 6.20. The summed E-state index contributed by atoms with van der Waals surface area (Å²) in [4.78, 5) is 5.67. The Morgan fingerprint density at radius 1 is 1.47 bits per heavy atom. The van der Waals surface area contributed by atoms with Gasteiger partial charge in [0.25, 0.3) is 0 Å². The van der Waals surface area contributed by atoms with Gasteiger partial charge < -0.3 is 10.1 Å². The van der Waals surface area contributed by atoms with Crippen molar-refractivity contribution in [3.05, 3.63) is 16.1 Å². The Morgan fingerprint density at radius 2 is 2.20 bits per heavy atom. The first-order valence-electron chi connectivity index (χ1n) is 5.31. The molecule has 0 amide bonds. The van der Waals surface area contributed by atoms with Gasteiger partial charge in [0.1, 0.15) is 0 Å². The first kappa shape index (κ1) is 12.6. The van der Waals surface area contributed by atoms with Crippen molar-refractivity contribution in [3.8, 4) is 0 Å². The van der Waals surface area contributed by atoms with E-state index in [1.165, 1.54) is 4.88 Å². The number of methoxy groups -OCH3 is 1. The summed E-state index contributed by atoms with van der Waals surface area (Å²) < 4.78 is 5.21. The monoisotopic (exact) mass is 228 g/mol. The van der Waals surface area contributed by atoms with Gasteiger partial charge in [0.15, 0.2) is 0 Å². The van der Waals surface area contributed by atoms with Gasteiger partial charge in [-0.15, -0.1) is 11.3 Å². The zero-order chi connectivity index (χ0) is 11.3. The third-order valence-corrected chi connectivity index (χ3v) is 3.17. The molecule has 0 saturated carbocycles. The Bertz CT molecular complexity index is 286. The second-order valence-corrected chi connectivity index (χ2v) is 5.21. The van der Waals surface area contributed by atoms with Gasteiger partial charge in [0.2, 0.25) is 0 Å². The molecule has 0 bridgehead atoms. The molecule has 0 spiro atoms. The smallest absolute Gasteiger partial charge is 0.0953 e. The van der Waals surface area contributed by atoms with Crippen molar-refractivity contribution in [2.75, 3.05) is 7.11 Å². The molecule has 0 aromatic carbocycles.